The summed E-state index contributed by atoms with van der Waals surface area (Å²) in [4.78, 5) is 18.4. The highest BCUT2D eigenvalue weighted by molar-refractivity contribution is 5.92. The van der Waals surface area contributed by atoms with E-state index in [9.17, 15) is 4.79 Å². The molecule has 0 saturated carbocycles. The van der Waals surface area contributed by atoms with Gasteiger partial charge in [0.15, 0.2) is 5.76 Å². The van der Waals surface area contributed by atoms with Crippen LogP contribution in [0, 0.1) is 0 Å². The fourth-order valence-corrected chi connectivity index (χ4v) is 6.94. The number of carbonyl (C=O) groups excluding carboxylic acids is 1. The van der Waals surface area contributed by atoms with E-state index in [4.69, 9.17) is 19.3 Å². The molecule has 3 heterocycles. The quantitative estimate of drug-likeness (QED) is 0.399. The van der Waals surface area contributed by atoms with Crippen LogP contribution in [-0.4, -0.2) is 85.8 Å². The number of nitrogens with zero attached hydrogens (tertiary/aromatic N) is 2. The van der Waals surface area contributed by atoms with E-state index in [0.717, 1.165) is 32.4 Å². The van der Waals surface area contributed by atoms with Crippen LogP contribution in [0.5, 0.6) is 0 Å². The highest BCUT2D eigenvalue weighted by Gasteiger charge is 2.35. The average Bonchev–Trinajstić information content (AvgIpc) is 3.40. The van der Waals surface area contributed by atoms with Crippen molar-refractivity contribution in [2.75, 3.05) is 52.6 Å². The molecule has 0 aromatic heterocycles. The Morgan fingerprint density at radius 3 is 2.55 bits per heavy atom. The van der Waals surface area contributed by atoms with Crippen molar-refractivity contribution >= 4 is 5.91 Å². The van der Waals surface area contributed by atoms with Gasteiger partial charge in [-0.1, -0.05) is 48.9 Å². The van der Waals surface area contributed by atoms with Crippen LogP contribution in [0.4, 0.5) is 0 Å². The number of fused-ring (bicyclic) bond motifs is 3. The lowest BCUT2D eigenvalue weighted by Gasteiger charge is -2.40. The van der Waals surface area contributed by atoms with Crippen molar-refractivity contribution in [3.8, 4) is 11.1 Å². The molecule has 7 heteroatoms. The summed E-state index contributed by atoms with van der Waals surface area (Å²) in [7, 11) is 0. The number of amides is 1. The Kier molecular flexibility index (Phi) is 8.83. The molecule has 1 N–H and O–H groups in total. The van der Waals surface area contributed by atoms with Crippen LogP contribution >= 0.6 is 0 Å². The van der Waals surface area contributed by atoms with E-state index in [1.165, 1.54) is 60.2 Å². The fraction of sp³-hybridized carbons (Fsp3) is 0.545. The molecule has 1 amide bonds. The molecule has 2 aromatic rings. The van der Waals surface area contributed by atoms with Crippen molar-refractivity contribution in [1.29, 1.82) is 0 Å². The van der Waals surface area contributed by atoms with E-state index >= 15 is 0 Å². The van der Waals surface area contributed by atoms with Crippen LogP contribution in [0.1, 0.15) is 61.1 Å². The third-order valence-electron chi connectivity index (χ3n) is 8.98. The van der Waals surface area contributed by atoms with Crippen LogP contribution in [-0.2, 0) is 25.4 Å². The van der Waals surface area contributed by atoms with Gasteiger partial charge in [-0.2, -0.15) is 0 Å². The van der Waals surface area contributed by atoms with E-state index in [1.807, 2.05) is 11.0 Å². The van der Waals surface area contributed by atoms with E-state index in [1.54, 1.807) is 0 Å². The summed E-state index contributed by atoms with van der Waals surface area (Å²) in [5.74, 6) is 0.399. The van der Waals surface area contributed by atoms with Crippen molar-refractivity contribution in [3.63, 3.8) is 0 Å². The van der Waals surface area contributed by atoms with Gasteiger partial charge in [0.05, 0.1) is 26.4 Å². The fourth-order valence-electron chi connectivity index (χ4n) is 6.94. The number of aliphatic hydroxyl groups is 1. The Labute approximate surface area is 237 Å². The maximum atomic E-state index is 13.8. The number of likely N-dealkylation sites (tertiary alicyclic amines) is 2. The van der Waals surface area contributed by atoms with E-state index < -0.39 is 6.29 Å². The summed E-state index contributed by atoms with van der Waals surface area (Å²) in [6.45, 7) is 4.91. The Balaban J connectivity index is 1.19. The molecular weight excluding hydrogens is 504 g/mol. The Hall–Kier alpha value is -2.71. The highest BCUT2D eigenvalue weighted by atomic mass is 16.7. The standard InChI is InChI=1S/C33H42N2O5/c36-17-18-38-19-20-39-32-23-25(28-9-6-10-29-27-8-3-2-7-24(27)21-30(28)29)22-31(40-32)33(37)35-15-11-26(12-16-35)34-13-4-1-5-14-34/h2-3,6-10,22,25-26,32,36H,1,4-5,11-21,23H2. The molecule has 4 aliphatic rings. The zero-order chi connectivity index (χ0) is 27.3. The van der Waals surface area contributed by atoms with Crippen LogP contribution in [0.3, 0.4) is 0 Å². The first kappa shape index (κ1) is 27.5. The topological polar surface area (TPSA) is 71.5 Å². The molecule has 2 unspecified atom stereocenters. The second-order valence-electron chi connectivity index (χ2n) is 11.5. The number of aliphatic hydroxyl groups excluding tert-OH is 1. The predicted molar refractivity (Wildman–Crippen MR) is 154 cm³/mol. The minimum atomic E-state index is -0.530. The number of allylic oxidation sites excluding steroid dienone is 1. The molecule has 214 valence electrons. The Bertz CT molecular complexity index is 1200. The number of benzene rings is 2. The number of ether oxygens (including phenoxy) is 3. The lowest BCUT2D eigenvalue weighted by molar-refractivity contribution is -0.157. The van der Waals surface area contributed by atoms with Crippen molar-refractivity contribution in [3.05, 3.63) is 71.0 Å². The predicted octanol–water partition coefficient (Wildman–Crippen LogP) is 4.47. The van der Waals surface area contributed by atoms with Crippen molar-refractivity contribution in [2.24, 2.45) is 0 Å². The summed E-state index contributed by atoms with van der Waals surface area (Å²) < 4.78 is 17.7. The average molecular weight is 547 g/mol. The van der Waals surface area contributed by atoms with Gasteiger partial charge in [0.2, 0.25) is 6.29 Å². The van der Waals surface area contributed by atoms with Gasteiger partial charge in [0, 0.05) is 31.5 Å². The van der Waals surface area contributed by atoms with Crippen molar-refractivity contribution in [1.82, 2.24) is 9.80 Å². The molecule has 7 nitrogen and oxygen atoms in total. The van der Waals surface area contributed by atoms with Gasteiger partial charge >= 0.3 is 0 Å². The third kappa shape index (κ3) is 5.98. The zero-order valence-corrected chi connectivity index (χ0v) is 23.4. The lowest BCUT2D eigenvalue weighted by Crippen LogP contribution is -2.49. The van der Waals surface area contributed by atoms with E-state index in [-0.39, 0.29) is 25.0 Å². The van der Waals surface area contributed by atoms with Crippen molar-refractivity contribution < 1.29 is 24.1 Å². The third-order valence-corrected chi connectivity index (χ3v) is 8.98. The van der Waals surface area contributed by atoms with Gasteiger partial charge in [0.25, 0.3) is 5.91 Å². The minimum Gasteiger partial charge on any atom is -0.459 e. The molecule has 0 spiro atoms. The number of hydrogen-bond acceptors (Lipinski definition) is 6. The van der Waals surface area contributed by atoms with Crippen LogP contribution in [0.2, 0.25) is 0 Å². The van der Waals surface area contributed by atoms with Gasteiger partial charge < -0.3 is 29.1 Å². The smallest absolute Gasteiger partial charge is 0.288 e. The Morgan fingerprint density at radius 2 is 1.73 bits per heavy atom. The molecule has 0 radical (unpaired) electrons. The van der Waals surface area contributed by atoms with Crippen LogP contribution < -0.4 is 0 Å². The van der Waals surface area contributed by atoms with Gasteiger partial charge in [0.1, 0.15) is 0 Å². The summed E-state index contributed by atoms with van der Waals surface area (Å²) >= 11 is 0. The number of carbonyl (C=O) groups is 1. The molecule has 0 bridgehead atoms. The molecule has 2 fully saturated rings. The normalized spacial score (nSPS) is 23.3. The highest BCUT2D eigenvalue weighted by Crippen LogP contribution is 2.43. The molecule has 2 atom stereocenters. The monoisotopic (exact) mass is 546 g/mol. The van der Waals surface area contributed by atoms with Gasteiger partial charge in [-0.05, 0) is 79.1 Å². The zero-order valence-electron chi connectivity index (χ0n) is 23.4. The van der Waals surface area contributed by atoms with E-state index in [2.05, 4.69) is 47.4 Å². The molecule has 3 aliphatic heterocycles. The minimum absolute atomic E-state index is 0.0145. The molecule has 2 aromatic carbocycles. The largest absolute Gasteiger partial charge is 0.459 e. The number of piperidine rings is 2. The van der Waals surface area contributed by atoms with Crippen LogP contribution in [0.25, 0.3) is 11.1 Å². The first-order valence-corrected chi connectivity index (χ1v) is 15.1. The SMILES string of the molecule is O=C(C1=CC(c2cccc3c2Cc2ccccc2-3)CC(OCCOCCO)O1)N1CCC(N2CCCCC2)CC1. The molecule has 40 heavy (non-hydrogen) atoms. The van der Waals surface area contributed by atoms with E-state index in [0.29, 0.717) is 31.4 Å². The summed E-state index contributed by atoms with van der Waals surface area (Å²) in [6, 6.07) is 15.7. The first-order chi connectivity index (χ1) is 19.7. The second kappa shape index (κ2) is 12.9. The summed E-state index contributed by atoms with van der Waals surface area (Å²) in [5.41, 5.74) is 6.53. The first-order valence-electron chi connectivity index (χ1n) is 15.1. The summed E-state index contributed by atoms with van der Waals surface area (Å²) in [6.07, 6.45) is 9.03. The number of rotatable bonds is 9. The molecule has 1 aliphatic carbocycles. The van der Waals surface area contributed by atoms with Crippen LogP contribution in [0.15, 0.2) is 54.3 Å². The number of hydrogen-bond donors (Lipinski definition) is 1. The van der Waals surface area contributed by atoms with Gasteiger partial charge in [-0.25, -0.2) is 0 Å². The molecule has 6 rings (SSSR count). The second-order valence-corrected chi connectivity index (χ2v) is 11.5. The molecular formula is C33H42N2O5. The maximum Gasteiger partial charge on any atom is 0.288 e. The van der Waals surface area contributed by atoms with Gasteiger partial charge in [-0.3, -0.25) is 4.79 Å². The summed E-state index contributed by atoms with van der Waals surface area (Å²) in [5, 5.41) is 8.98. The Morgan fingerprint density at radius 1 is 0.925 bits per heavy atom. The van der Waals surface area contributed by atoms with Gasteiger partial charge in [-0.15, -0.1) is 0 Å². The molecule has 2 saturated heterocycles. The van der Waals surface area contributed by atoms with Crippen molar-refractivity contribution in [2.45, 2.75) is 63.2 Å². The maximum absolute atomic E-state index is 13.8. The lowest BCUT2D eigenvalue weighted by atomic mass is 9.87.